The van der Waals surface area contributed by atoms with E-state index in [1.807, 2.05) is 24.3 Å². The van der Waals surface area contributed by atoms with Crippen LogP contribution < -0.4 is 10.1 Å². The second-order valence-electron chi connectivity index (χ2n) is 4.57. The third kappa shape index (κ3) is 2.67. The maximum atomic E-state index is 12.2. The van der Waals surface area contributed by atoms with Gasteiger partial charge in [-0.05, 0) is 34.1 Å². The fourth-order valence-electron chi connectivity index (χ4n) is 2.24. The van der Waals surface area contributed by atoms with Gasteiger partial charge in [-0.3, -0.25) is 4.79 Å². The van der Waals surface area contributed by atoms with Crippen LogP contribution in [0.15, 0.2) is 47.2 Å². The summed E-state index contributed by atoms with van der Waals surface area (Å²) in [6.07, 6.45) is 2.33. The molecule has 1 unspecified atom stereocenters. The van der Waals surface area contributed by atoms with Crippen LogP contribution >= 0.6 is 15.9 Å². The SMILES string of the molecule is O=C(NC1CCOc2ccccc21)c1ccc(Br)nc1. The number of fused-ring (bicyclic) bond motifs is 1. The van der Waals surface area contributed by atoms with Crippen molar-refractivity contribution >= 4 is 21.8 Å². The van der Waals surface area contributed by atoms with Crippen molar-refractivity contribution < 1.29 is 9.53 Å². The molecule has 1 aliphatic rings. The maximum Gasteiger partial charge on any atom is 0.253 e. The summed E-state index contributed by atoms with van der Waals surface area (Å²) in [4.78, 5) is 16.3. The number of aromatic nitrogens is 1. The van der Waals surface area contributed by atoms with Gasteiger partial charge in [-0.1, -0.05) is 18.2 Å². The summed E-state index contributed by atoms with van der Waals surface area (Å²) >= 11 is 3.26. The standard InChI is InChI=1S/C15H13BrN2O2/c16-14-6-5-10(9-17-14)15(19)18-12-7-8-20-13-4-2-1-3-11(12)13/h1-6,9,12H,7-8H2,(H,18,19). The third-order valence-corrected chi connectivity index (χ3v) is 3.72. The van der Waals surface area contributed by atoms with E-state index in [-0.39, 0.29) is 11.9 Å². The van der Waals surface area contributed by atoms with Crippen molar-refractivity contribution in [2.75, 3.05) is 6.61 Å². The van der Waals surface area contributed by atoms with Crippen LogP contribution in [0.4, 0.5) is 0 Å². The van der Waals surface area contributed by atoms with E-state index < -0.39 is 0 Å². The molecule has 0 saturated carbocycles. The number of carbonyl (C=O) groups excluding carboxylic acids is 1. The van der Waals surface area contributed by atoms with Gasteiger partial charge in [-0.25, -0.2) is 4.98 Å². The van der Waals surface area contributed by atoms with Crippen LogP contribution in [0.3, 0.4) is 0 Å². The Morgan fingerprint density at radius 3 is 2.95 bits per heavy atom. The van der Waals surface area contributed by atoms with Gasteiger partial charge in [0, 0.05) is 18.2 Å². The smallest absolute Gasteiger partial charge is 0.253 e. The van der Waals surface area contributed by atoms with Crippen molar-refractivity contribution in [3.05, 3.63) is 58.3 Å². The quantitative estimate of drug-likeness (QED) is 0.860. The summed E-state index contributed by atoms with van der Waals surface area (Å²) in [5, 5.41) is 3.04. The minimum Gasteiger partial charge on any atom is -0.493 e. The molecule has 1 N–H and O–H groups in total. The zero-order valence-electron chi connectivity index (χ0n) is 10.7. The highest BCUT2D eigenvalue weighted by Crippen LogP contribution is 2.31. The molecule has 20 heavy (non-hydrogen) atoms. The first-order valence-corrected chi connectivity index (χ1v) is 7.17. The number of para-hydroxylation sites is 1. The zero-order valence-corrected chi connectivity index (χ0v) is 12.3. The van der Waals surface area contributed by atoms with E-state index in [1.54, 1.807) is 18.3 Å². The Bertz CT molecular complexity index is 628. The van der Waals surface area contributed by atoms with Gasteiger partial charge < -0.3 is 10.1 Å². The molecular weight excluding hydrogens is 320 g/mol. The molecule has 0 aliphatic carbocycles. The summed E-state index contributed by atoms with van der Waals surface area (Å²) in [5.41, 5.74) is 1.58. The molecule has 0 fully saturated rings. The summed E-state index contributed by atoms with van der Waals surface area (Å²) in [6.45, 7) is 0.612. The summed E-state index contributed by atoms with van der Waals surface area (Å²) in [6, 6.07) is 11.3. The number of amides is 1. The first kappa shape index (κ1) is 13.1. The Morgan fingerprint density at radius 1 is 1.30 bits per heavy atom. The molecule has 1 aromatic carbocycles. The summed E-state index contributed by atoms with van der Waals surface area (Å²) < 4.78 is 6.30. The number of hydrogen-bond donors (Lipinski definition) is 1. The Balaban J connectivity index is 1.79. The largest absolute Gasteiger partial charge is 0.493 e. The van der Waals surface area contributed by atoms with Crippen molar-refractivity contribution in [3.8, 4) is 5.75 Å². The van der Waals surface area contributed by atoms with Crippen molar-refractivity contribution in [3.63, 3.8) is 0 Å². The maximum absolute atomic E-state index is 12.2. The Kier molecular flexibility index (Phi) is 3.69. The number of nitrogens with zero attached hydrogens (tertiary/aromatic N) is 1. The molecule has 2 heterocycles. The van der Waals surface area contributed by atoms with Crippen LogP contribution in [0.25, 0.3) is 0 Å². The number of halogens is 1. The lowest BCUT2D eigenvalue weighted by Crippen LogP contribution is -2.32. The highest BCUT2D eigenvalue weighted by Gasteiger charge is 2.23. The fourth-order valence-corrected chi connectivity index (χ4v) is 2.48. The predicted molar refractivity (Wildman–Crippen MR) is 78.7 cm³/mol. The number of pyridine rings is 1. The number of rotatable bonds is 2. The van der Waals surface area contributed by atoms with Crippen molar-refractivity contribution in [1.29, 1.82) is 0 Å². The van der Waals surface area contributed by atoms with Gasteiger partial charge in [-0.15, -0.1) is 0 Å². The van der Waals surface area contributed by atoms with Gasteiger partial charge in [0.25, 0.3) is 5.91 Å². The van der Waals surface area contributed by atoms with Crippen LogP contribution in [0.5, 0.6) is 5.75 Å². The molecule has 1 aromatic heterocycles. The molecule has 1 atom stereocenters. The molecule has 0 radical (unpaired) electrons. The second kappa shape index (κ2) is 5.63. The van der Waals surface area contributed by atoms with Crippen LogP contribution in [0.2, 0.25) is 0 Å². The number of nitrogens with one attached hydrogen (secondary N) is 1. The summed E-state index contributed by atoms with van der Waals surface area (Å²) in [7, 11) is 0. The molecule has 4 nitrogen and oxygen atoms in total. The number of carbonyl (C=O) groups is 1. The van der Waals surface area contributed by atoms with E-state index in [1.165, 1.54) is 0 Å². The van der Waals surface area contributed by atoms with Gasteiger partial charge in [0.2, 0.25) is 0 Å². The van der Waals surface area contributed by atoms with Crippen LogP contribution in [0.1, 0.15) is 28.4 Å². The first-order valence-electron chi connectivity index (χ1n) is 6.38. The average molecular weight is 333 g/mol. The third-order valence-electron chi connectivity index (χ3n) is 3.25. The lowest BCUT2D eigenvalue weighted by atomic mass is 10.0. The van der Waals surface area contributed by atoms with Crippen molar-refractivity contribution in [2.45, 2.75) is 12.5 Å². The average Bonchev–Trinajstić information content (AvgIpc) is 2.48. The topological polar surface area (TPSA) is 51.2 Å². The van der Waals surface area contributed by atoms with Gasteiger partial charge in [0.1, 0.15) is 10.4 Å². The van der Waals surface area contributed by atoms with Gasteiger partial charge in [0.05, 0.1) is 18.2 Å². The number of benzene rings is 1. The number of ether oxygens (including phenoxy) is 1. The minimum absolute atomic E-state index is 0.0175. The van der Waals surface area contributed by atoms with E-state index in [0.717, 1.165) is 17.7 Å². The van der Waals surface area contributed by atoms with E-state index in [4.69, 9.17) is 4.74 Å². The van der Waals surface area contributed by atoms with Crippen LogP contribution in [-0.4, -0.2) is 17.5 Å². The monoisotopic (exact) mass is 332 g/mol. The first-order chi connectivity index (χ1) is 9.74. The molecule has 0 spiro atoms. The second-order valence-corrected chi connectivity index (χ2v) is 5.38. The van der Waals surface area contributed by atoms with Crippen LogP contribution in [0, 0.1) is 0 Å². The van der Waals surface area contributed by atoms with E-state index in [0.29, 0.717) is 16.8 Å². The zero-order chi connectivity index (χ0) is 13.9. The van der Waals surface area contributed by atoms with E-state index in [2.05, 4.69) is 26.2 Å². The Labute approximate surface area is 125 Å². The van der Waals surface area contributed by atoms with Gasteiger partial charge in [0.15, 0.2) is 0 Å². The lowest BCUT2D eigenvalue weighted by Gasteiger charge is -2.26. The number of hydrogen-bond acceptors (Lipinski definition) is 3. The van der Waals surface area contributed by atoms with Crippen molar-refractivity contribution in [1.82, 2.24) is 10.3 Å². The van der Waals surface area contributed by atoms with Gasteiger partial charge in [-0.2, -0.15) is 0 Å². The normalized spacial score (nSPS) is 16.9. The highest BCUT2D eigenvalue weighted by molar-refractivity contribution is 9.10. The van der Waals surface area contributed by atoms with Crippen molar-refractivity contribution in [2.24, 2.45) is 0 Å². The Morgan fingerprint density at radius 2 is 2.15 bits per heavy atom. The highest BCUT2D eigenvalue weighted by atomic mass is 79.9. The Hall–Kier alpha value is -1.88. The van der Waals surface area contributed by atoms with Crippen LogP contribution in [-0.2, 0) is 0 Å². The molecule has 5 heteroatoms. The molecule has 102 valence electrons. The molecule has 0 saturated heterocycles. The summed E-state index contributed by atoms with van der Waals surface area (Å²) in [5.74, 6) is 0.727. The van der Waals surface area contributed by atoms with Gasteiger partial charge >= 0.3 is 0 Å². The van der Waals surface area contributed by atoms with E-state index >= 15 is 0 Å². The molecule has 2 aromatic rings. The molecule has 1 aliphatic heterocycles. The lowest BCUT2D eigenvalue weighted by molar-refractivity contribution is 0.0924. The minimum atomic E-state index is -0.119. The molecule has 0 bridgehead atoms. The predicted octanol–water partition coefficient (Wildman–Crippen LogP) is 3.10. The molecule has 1 amide bonds. The molecule has 3 rings (SSSR count). The molecular formula is C15H13BrN2O2. The fraction of sp³-hybridized carbons (Fsp3) is 0.200. The van der Waals surface area contributed by atoms with E-state index in [9.17, 15) is 4.79 Å².